The van der Waals surface area contributed by atoms with Gasteiger partial charge in [0.25, 0.3) is 0 Å². The second kappa shape index (κ2) is 11.1. The van der Waals surface area contributed by atoms with Crippen LogP contribution in [0.15, 0.2) is 77.7 Å². The molecule has 3 aromatic carbocycles. The fourth-order valence-corrected chi connectivity index (χ4v) is 5.04. The normalized spacial score (nSPS) is 16.9. The molecule has 7 nitrogen and oxygen atoms in total. The van der Waals surface area contributed by atoms with E-state index in [4.69, 9.17) is 13.7 Å². The second-order valence-corrected chi connectivity index (χ2v) is 10.1. The summed E-state index contributed by atoms with van der Waals surface area (Å²) in [6.07, 6.45) is 0.791. The molecule has 0 saturated heterocycles. The number of nitrogens with zero attached hydrogens (tertiary/aromatic N) is 1. The van der Waals surface area contributed by atoms with Crippen molar-refractivity contribution in [2.45, 2.75) is 23.8 Å². The summed E-state index contributed by atoms with van der Waals surface area (Å²) in [5.41, 5.74) is 1.81. The highest BCUT2D eigenvalue weighted by Gasteiger charge is 2.45. The van der Waals surface area contributed by atoms with E-state index in [1.807, 2.05) is 30.3 Å². The number of methoxy groups -OCH3 is 2. The number of rotatable bonds is 11. The van der Waals surface area contributed by atoms with E-state index in [0.717, 1.165) is 36.2 Å². The molecule has 2 atom stereocenters. The molecule has 0 radical (unpaired) electrons. The van der Waals surface area contributed by atoms with Gasteiger partial charge in [0.1, 0.15) is 10.7 Å². The van der Waals surface area contributed by atoms with E-state index in [1.54, 1.807) is 24.1 Å². The Kier molecular flexibility index (Phi) is 7.91. The summed E-state index contributed by atoms with van der Waals surface area (Å²) < 4.78 is 54.6. The summed E-state index contributed by atoms with van der Waals surface area (Å²) in [4.78, 5) is 14.9. The molecule has 1 saturated carbocycles. The maximum Gasteiger partial charge on any atom is 0.339 e. The van der Waals surface area contributed by atoms with Crippen LogP contribution < -0.4 is 8.92 Å². The molecular weight excluding hydrogens is 485 g/mol. The van der Waals surface area contributed by atoms with Crippen LogP contribution in [-0.4, -0.2) is 46.6 Å². The maximum absolute atomic E-state index is 13.3. The highest BCUT2D eigenvalue weighted by Crippen LogP contribution is 2.48. The fourth-order valence-electron chi connectivity index (χ4n) is 4.11. The van der Waals surface area contributed by atoms with Gasteiger partial charge in [0.2, 0.25) is 5.91 Å². The molecule has 0 spiro atoms. The number of carbonyl (C=O) groups is 1. The Bertz CT molecular complexity index is 1300. The van der Waals surface area contributed by atoms with Gasteiger partial charge in [-0.2, -0.15) is 8.42 Å². The first-order valence-electron chi connectivity index (χ1n) is 11.5. The number of carbonyl (C=O) groups excluding carboxylic acids is 1. The molecule has 0 bridgehead atoms. The van der Waals surface area contributed by atoms with Crippen LogP contribution in [0.25, 0.3) is 0 Å². The zero-order valence-electron chi connectivity index (χ0n) is 20.1. The average Bonchev–Trinajstić information content (AvgIpc) is 3.68. The minimum absolute atomic E-state index is 0.0213. The predicted molar refractivity (Wildman–Crippen MR) is 132 cm³/mol. The van der Waals surface area contributed by atoms with E-state index < -0.39 is 15.9 Å². The summed E-state index contributed by atoms with van der Waals surface area (Å²) in [6.45, 7) is 1.01. The average molecular weight is 514 g/mol. The third-order valence-corrected chi connectivity index (χ3v) is 7.36. The molecule has 190 valence electrons. The quantitative estimate of drug-likeness (QED) is 0.354. The van der Waals surface area contributed by atoms with Crippen LogP contribution in [0.5, 0.6) is 11.5 Å². The van der Waals surface area contributed by atoms with Crippen molar-refractivity contribution < 1.29 is 31.3 Å². The van der Waals surface area contributed by atoms with E-state index in [9.17, 15) is 17.6 Å². The van der Waals surface area contributed by atoms with Gasteiger partial charge in [0.15, 0.2) is 11.5 Å². The molecule has 3 aromatic rings. The summed E-state index contributed by atoms with van der Waals surface area (Å²) >= 11 is 0. The van der Waals surface area contributed by atoms with Gasteiger partial charge in [-0.1, -0.05) is 36.4 Å². The van der Waals surface area contributed by atoms with E-state index in [-0.39, 0.29) is 40.7 Å². The van der Waals surface area contributed by atoms with Gasteiger partial charge in [-0.25, -0.2) is 4.39 Å². The molecule has 0 unspecified atom stereocenters. The van der Waals surface area contributed by atoms with Crippen molar-refractivity contribution in [1.82, 2.24) is 4.90 Å². The smallest absolute Gasteiger partial charge is 0.339 e. The zero-order valence-corrected chi connectivity index (χ0v) is 20.9. The van der Waals surface area contributed by atoms with Gasteiger partial charge >= 0.3 is 10.1 Å². The van der Waals surface area contributed by atoms with Crippen LogP contribution in [0, 0.1) is 11.7 Å². The van der Waals surface area contributed by atoms with Crippen LogP contribution in [0.1, 0.15) is 23.5 Å². The Hall–Kier alpha value is -3.43. The molecule has 9 heteroatoms. The zero-order chi connectivity index (χ0) is 25.7. The first-order valence-corrected chi connectivity index (χ1v) is 12.9. The molecule has 1 amide bonds. The Morgan fingerprint density at radius 3 is 2.39 bits per heavy atom. The monoisotopic (exact) mass is 513 g/mol. The van der Waals surface area contributed by atoms with Crippen molar-refractivity contribution in [1.29, 1.82) is 0 Å². The lowest BCUT2D eigenvalue weighted by Gasteiger charge is -2.23. The Labute approximate surface area is 210 Å². The molecule has 1 fully saturated rings. The van der Waals surface area contributed by atoms with Crippen LogP contribution >= 0.6 is 0 Å². The van der Waals surface area contributed by atoms with Crippen molar-refractivity contribution in [2.75, 3.05) is 27.4 Å². The summed E-state index contributed by atoms with van der Waals surface area (Å²) in [5.74, 6) is -0.244. The van der Waals surface area contributed by atoms with Gasteiger partial charge in [0.05, 0.1) is 13.7 Å². The summed E-state index contributed by atoms with van der Waals surface area (Å²) in [5, 5.41) is 0. The molecule has 0 N–H and O–H groups in total. The molecule has 36 heavy (non-hydrogen) atoms. The molecule has 0 aliphatic heterocycles. The number of ether oxygens (including phenoxy) is 2. The lowest BCUT2D eigenvalue weighted by atomic mass is 10.1. The van der Waals surface area contributed by atoms with Gasteiger partial charge in [0, 0.05) is 26.1 Å². The predicted octanol–water partition coefficient (Wildman–Crippen LogP) is 4.38. The Morgan fingerprint density at radius 1 is 1.00 bits per heavy atom. The third-order valence-electron chi connectivity index (χ3n) is 6.12. The maximum atomic E-state index is 13.3. The SMILES string of the molecule is COCCN(Cc1ccc(OC)c(OS(=O)(=O)c2ccc(F)cc2)c1)C(=O)[C@@H]1C[C@H]1c1ccccc1. The molecule has 1 aliphatic carbocycles. The first-order chi connectivity index (χ1) is 17.3. The van der Waals surface area contributed by atoms with Gasteiger partial charge < -0.3 is 18.6 Å². The highest BCUT2D eigenvalue weighted by atomic mass is 32.2. The topological polar surface area (TPSA) is 82.1 Å². The number of benzene rings is 3. The number of halogens is 1. The Morgan fingerprint density at radius 2 is 1.72 bits per heavy atom. The molecular formula is C27H28FNO6S. The van der Waals surface area contributed by atoms with E-state index in [0.29, 0.717) is 18.7 Å². The minimum Gasteiger partial charge on any atom is -0.493 e. The van der Waals surface area contributed by atoms with Gasteiger partial charge in [-0.05, 0) is 59.9 Å². The summed E-state index contributed by atoms with van der Waals surface area (Å²) in [6, 6.07) is 19.2. The van der Waals surface area contributed by atoms with Crippen LogP contribution in [0.2, 0.25) is 0 Å². The van der Waals surface area contributed by atoms with Crippen molar-refractivity contribution in [2.24, 2.45) is 5.92 Å². The van der Waals surface area contributed by atoms with Crippen LogP contribution in [0.4, 0.5) is 4.39 Å². The minimum atomic E-state index is -4.23. The highest BCUT2D eigenvalue weighted by molar-refractivity contribution is 7.87. The van der Waals surface area contributed by atoms with Crippen molar-refractivity contribution in [3.63, 3.8) is 0 Å². The largest absolute Gasteiger partial charge is 0.493 e. The second-order valence-electron chi connectivity index (χ2n) is 8.59. The van der Waals surface area contributed by atoms with E-state index >= 15 is 0 Å². The van der Waals surface area contributed by atoms with Crippen molar-refractivity contribution in [3.8, 4) is 11.5 Å². The molecule has 4 rings (SSSR count). The Balaban J connectivity index is 1.53. The standard InChI is InChI=1S/C27H28FNO6S/c1-33-15-14-29(27(30)24-17-23(24)20-6-4-3-5-7-20)18-19-8-13-25(34-2)26(16-19)35-36(31,32)22-11-9-21(28)10-12-22/h3-13,16,23-24H,14-15,17-18H2,1-2H3/t23-,24+/m0/s1. The number of amides is 1. The number of hydrogen-bond acceptors (Lipinski definition) is 6. The summed E-state index contributed by atoms with van der Waals surface area (Å²) in [7, 11) is -1.25. The van der Waals surface area contributed by atoms with Gasteiger partial charge in [-0.15, -0.1) is 0 Å². The van der Waals surface area contributed by atoms with Crippen LogP contribution in [0.3, 0.4) is 0 Å². The molecule has 0 heterocycles. The van der Waals surface area contributed by atoms with Crippen molar-refractivity contribution in [3.05, 3.63) is 89.7 Å². The van der Waals surface area contributed by atoms with E-state index in [2.05, 4.69) is 0 Å². The van der Waals surface area contributed by atoms with Gasteiger partial charge in [-0.3, -0.25) is 4.79 Å². The molecule has 1 aliphatic rings. The van der Waals surface area contributed by atoms with Crippen LogP contribution in [-0.2, 0) is 26.2 Å². The van der Waals surface area contributed by atoms with E-state index in [1.165, 1.54) is 13.2 Å². The molecule has 0 aromatic heterocycles. The van der Waals surface area contributed by atoms with Crippen molar-refractivity contribution >= 4 is 16.0 Å². The third kappa shape index (κ3) is 6.03. The lowest BCUT2D eigenvalue weighted by molar-refractivity contribution is -0.134. The lowest BCUT2D eigenvalue weighted by Crippen LogP contribution is -2.35. The fraction of sp³-hybridized carbons (Fsp3) is 0.296. The number of hydrogen-bond donors (Lipinski definition) is 0. The first kappa shape index (κ1) is 25.7.